The van der Waals surface area contributed by atoms with Crippen molar-refractivity contribution >= 4 is 6.03 Å². The lowest BCUT2D eigenvalue weighted by Crippen LogP contribution is -2.49. The SMILES string of the molecule is CCCCCCCCCCON(CCCOCC1CO1)NC(=O)NN. The standard InChI is InChI=1S/C17H36N4O4/c1-2-3-4-5-6-7-8-9-13-25-21(20-17(22)19-18)11-10-12-23-14-16-15-24-16/h16H,2-15,18H2,1H3,(H2,19,20,22). The Balaban J connectivity index is 2.01. The van der Waals surface area contributed by atoms with Crippen molar-refractivity contribution in [2.75, 3.05) is 33.0 Å². The molecule has 0 spiro atoms. The van der Waals surface area contributed by atoms with Gasteiger partial charge in [0.1, 0.15) is 6.10 Å². The fraction of sp³-hybridized carbons (Fsp3) is 0.941. The monoisotopic (exact) mass is 360 g/mol. The van der Waals surface area contributed by atoms with Crippen LogP contribution in [0, 0.1) is 0 Å². The number of amides is 2. The third kappa shape index (κ3) is 14.0. The van der Waals surface area contributed by atoms with E-state index < -0.39 is 6.03 Å². The maximum absolute atomic E-state index is 11.4. The van der Waals surface area contributed by atoms with E-state index in [9.17, 15) is 4.79 Å². The number of nitrogens with one attached hydrogen (secondary N) is 2. The number of unbranched alkanes of at least 4 members (excludes halogenated alkanes) is 7. The Kier molecular flexibility index (Phi) is 13.6. The second-order valence-corrected chi connectivity index (χ2v) is 6.38. The number of hydrogen-bond acceptors (Lipinski definition) is 6. The largest absolute Gasteiger partial charge is 0.379 e. The quantitative estimate of drug-likeness (QED) is 0.121. The van der Waals surface area contributed by atoms with Crippen LogP contribution in [0.2, 0.25) is 0 Å². The van der Waals surface area contributed by atoms with E-state index in [1.807, 2.05) is 5.43 Å². The smallest absolute Gasteiger partial charge is 0.345 e. The zero-order chi connectivity index (χ0) is 18.2. The molecule has 0 radical (unpaired) electrons. The second-order valence-electron chi connectivity index (χ2n) is 6.38. The van der Waals surface area contributed by atoms with Crippen LogP contribution in [0.15, 0.2) is 0 Å². The van der Waals surface area contributed by atoms with E-state index in [2.05, 4.69) is 12.3 Å². The Morgan fingerprint density at radius 2 is 1.80 bits per heavy atom. The number of carbonyl (C=O) groups excluding carboxylic acids is 1. The molecule has 0 saturated carbocycles. The molecule has 0 aliphatic carbocycles. The molecule has 148 valence electrons. The fourth-order valence-electron chi connectivity index (χ4n) is 2.40. The van der Waals surface area contributed by atoms with Crippen LogP contribution in [-0.2, 0) is 14.3 Å². The van der Waals surface area contributed by atoms with Gasteiger partial charge >= 0.3 is 6.03 Å². The highest BCUT2D eigenvalue weighted by molar-refractivity contribution is 5.72. The van der Waals surface area contributed by atoms with E-state index in [1.54, 1.807) is 0 Å². The Morgan fingerprint density at radius 3 is 2.44 bits per heavy atom. The van der Waals surface area contributed by atoms with Crippen molar-refractivity contribution in [3.8, 4) is 0 Å². The predicted molar refractivity (Wildman–Crippen MR) is 96.3 cm³/mol. The number of nitrogens with two attached hydrogens (primary N) is 1. The molecule has 8 heteroatoms. The lowest BCUT2D eigenvalue weighted by atomic mass is 10.1. The number of nitrogens with zero attached hydrogens (tertiary/aromatic N) is 1. The predicted octanol–water partition coefficient (Wildman–Crippen LogP) is 2.25. The van der Waals surface area contributed by atoms with Crippen LogP contribution in [0.3, 0.4) is 0 Å². The van der Waals surface area contributed by atoms with Gasteiger partial charge in [0.25, 0.3) is 0 Å². The minimum atomic E-state index is -0.497. The number of rotatable bonds is 17. The molecular weight excluding hydrogens is 324 g/mol. The number of ether oxygens (including phenoxy) is 2. The molecule has 0 aromatic carbocycles. The topological polar surface area (TPSA) is 101 Å². The minimum absolute atomic E-state index is 0.274. The highest BCUT2D eigenvalue weighted by atomic mass is 16.7. The molecule has 1 atom stereocenters. The van der Waals surface area contributed by atoms with Crippen molar-refractivity contribution in [1.29, 1.82) is 0 Å². The van der Waals surface area contributed by atoms with E-state index in [4.69, 9.17) is 20.2 Å². The van der Waals surface area contributed by atoms with Crippen LogP contribution in [-0.4, -0.2) is 50.3 Å². The van der Waals surface area contributed by atoms with E-state index in [0.29, 0.717) is 26.4 Å². The summed E-state index contributed by atoms with van der Waals surface area (Å²) in [5.41, 5.74) is 4.60. The van der Waals surface area contributed by atoms with E-state index in [-0.39, 0.29) is 6.10 Å². The number of epoxide rings is 1. The fourth-order valence-corrected chi connectivity index (χ4v) is 2.40. The van der Waals surface area contributed by atoms with E-state index >= 15 is 0 Å². The second kappa shape index (κ2) is 15.3. The number of hydrazine groups is 2. The zero-order valence-electron chi connectivity index (χ0n) is 15.6. The van der Waals surface area contributed by atoms with Gasteiger partial charge in [0, 0.05) is 13.2 Å². The first kappa shape index (κ1) is 22.1. The molecule has 1 unspecified atom stereocenters. The number of hydrogen-bond donors (Lipinski definition) is 3. The highest BCUT2D eigenvalue weighted by Gasteiger charge is 2.22. The molecule has 1 aliphatic heterocycles. The summed E-state index contributed by atoms with van der Waals surface area (Å²) in [4.78, 5) is 17.0. The molecule has 1 heterocycles. The van der Waals surface area contributed by atoms with Gasteiger partial charge in [0.05, 0.1) is 19.8 Å². The average molecular weight is 360 g/mol. The molecule has 0 aromatic rings. The lowest BCUT2D eigenvalue weighted by Gasteiger charge is -2.22. The molecular formula is C17H36N4O4. The molecule has 1 saturated heterocycles. The Bertz CT molecular complexity index is 330. The van der Waals surface area contributed by atoms with Gasteiger partial charge in [-0.05, 0) is 12.8 Å². The Hall–Kier alpha value is -0.930. The third-order valence-corrected chi connectivity index (χ3v) is 3.96. The van der Waals surface area contributed by atoms with Gasteiger partial charge in [-0.25, -0.2) is 16.1 Å². The van der Waals surface area contributed by atoms with Gasteiger partial charge in [-0.3, -0.25) is 10.3 Å². The van der Waals surface area contributed by atoms with Crippen molar-refractivity contribution in [2.24, 2.45) is 5.84 Å². The van der Waals surface area contributed by atoms with Crippen LogP contribution in [0.25, 0.3) is 0 Å². The molecule has 1 rings (SSSR count). The summed E-state index contributed by atoms with van der Waals surface area (Å²) in [6, 6.07) is -0.497. The highest BCUT2D eigenvalue weighted by Crippen LogP contribution is 2.09. The Labute approximate surface area is 151 Å². The van der Waals surface area contributed by atoms with Crippen molar-refractivity contribution < 1.29 is 19.1 Å². The number of carbonyl (C=O) groups is 1. The lowest BCUT2D eigenvalue weighted by molar-refractivity contribution is -0.187. The maximum Gasteiger partial charge on any atom is 0.345 e. The van der Waals surface area contributed by atoms with Crippen molar-refractivity contribution in [3.63, 3.8) is 0 Å². The van der Waals surface area contributed by atoms with Crippen LogP contribution in [0.4, 0.5) is 4.79 Å². The van der Waals surface area contributed by atoms with Crippen molar-refractivity contribution in [1.82, 2.24) is 16.0 Å². The average Bonchev–Trinajstić information content (AvgIpc) is 3.43. The van der Waals surface area contributed by atoms with Gasteiger partial charge in [0.15, 0.2) is 0 Å². The first-order valence-corrected chi connectivity index (χ1v) is 9.63. The third-order valence-electron chi connectivity index (χ3n) is 3.96. The summed E-state index contributed by atoms with van der Waals surface area (Å²) in [5.74, 6) is 5.10. The maximum atomic E-state index is 11.4. The molecule has 25 heavy (non-hydrogen) atoms. The van der Waals surface area contributed by atoms with Crippen molar-refractivity contribution in [2.45, 2.75) is 70.8 Å². The molecule has 8 nitrogen and oxygen atoms in total. The van der Waals surface area contributed by atoms with Crippen molar-refractivity contribution in [3.05, 3.63) is 0 Å². The molecule has 2 amide bonds. The van der Waals surface area contributed by atoms with Crippen LogP contribution in [0.5, 0.6) is 0 Å². The molecule has 4 N–H and O–H groups in total. The van der Waals surface area contributed by atoms with Gasteiger partial charge in [-0.15, -0.1) is 0 Å². The summed E-state index contributed by atoms with van der Waals surface area (Å²) in [5, 5.41) is 1.43. The van der Waals surface area contributed by atoms with Gasteiger partial charge in [-0.2, -0.15) is 0 Å². The van der Waals surface area contributed by atoms with E-state index in [1.165, 1.54) is 43.7 Å². The minimum Gasteiger partial charge on any atom is -0.379 e. The summed E-state index contributed by atoms with van der Waals surface area (Å²) < 4.78 is 10.6. The molecule has 1 aliphatic rings. The van der Waals surface area contributed by atoms with Gasteiger partial charge in [0.2, 0.25) is 0 Å². The summed E-state index contributed by atoms with van der Waals surface area (Å²) in [7, 11) is 0. The summed E-state index contributed by atoms with van der Waals surface area (Å²) >= 11 is 0. The first-order valence-electron chi connectivity index (χ1n) is 9.63. The first-order chi connectivity index (χ1) is 12.3. The summed E-state index contributed by atoms with van der Waals surface area (Å²) in [6.45, 7) is 5.38. The van der Waals surface area contributed by atoms with Crippen LogP contribution in [0.1, 0.15) is 64.7 Å². The Morgan fingerprint density at radius 1 is 1.12 bits per heavy atom. The number of urea groups is 1. The summed E-state index contributed by atoms with van der Waals surface area (Å²) in [6.07, 6.45) is 11.0. The number of hydroxylamine groups is 1. The normalized spacial score (nSPS) is 16.2. The molecule has 0 aromatic heterocycles. The van der Waals surface area contributed by atoms with E-state index in [0.717, 1.165) is 25.9 Å². The molecule has 0 bridgehead atoms. The van der Waals surface area contributed by atoms with Crippen LogP contribution >= 0.6 is 0 Å². The van der Waals surface area contributed by atoms with Gasteiger partial charge in [-0.1, -0.05) is 57.0 Å². The molecule has 1 fully saturated rings. The zero-order valence-corrected chi connectivity index (χ0v) is 15.6. The van der Waals surface area contributed by atoms with Gasteiger partial charge < -0.3 is 9.47 Å². The van der Waals surface area contributed by atoms with Crippen LogP contribution < -0.4 is 16.7 Å².